The first-order valence-corrected chi connectivity index (χ1v) is 7.44. The summed E-state index contributed by atoms with van der Waals surface area (Å²) >= 11 is 0. The quantitative estimate of drug-likeness (QED) is 0.307. The van der Waals surface area contributed by atoms with Gasteiger partial charge in [-0.2, -0.15) is 5.10 Å². The van der Waals surface area contributed by atoms with Gasteiger partial charge in [-0.25, -0.2) is 4.39 Å². The molecule has 1 aromatic carbocycles. The van der Waals surface area contributed by atoms with E-state index in [1.165, 1.54) is 6.07 Å². The van der Waals surface area contributed by atoms with Gasteiger partial charge in [-0.05, 0) is 36.6 Å². The molecule has 0 radical (unpaired) electrons. The molecule has 0 unspecified atom stereocenters. The number of halogens is 2. The lowest BCUT2D eigenvalue weighted by atomic mass is 10.1. The molecule has 1 heterocycles. The van der Waals surface area contributed by atoms with Crippen molar-refractivity contribution in [3.63, 3.8) is 0 Å². The molecule has 1 aromatic heterocycles. The van der Waals surface area contributed by atoms with E-state index in [2.05, 4.69) is 20.7 Å². The fraction of sp³-hybridized carbons (Fsp3) is 0.375. The van der Waals surface area contributed by atoms with Crippen molar-refractivity contribution in [2.24, 2.45) is 4.99 Å². The molecule has 0 aliphatic heterocycles. The summed E-state index contributed by atoms with van der Waals surface area (Å²) in [6, 6.07) is 8.58. The first kappa shape index (κ1) is 19.4. The summed E-state index contributed by atoms with van der Waals surface area (Å²) in [5.41, 5.74) is 0.974. The topological polar surface area (TPSA) is 54.2 Å². The Hall–Kier alpha value is -1.64. The zero-order chi connectivity index (χ0) is 15.6. The van der Waals surface area contributed by atoms with E-state index in [9.17, 15) is 4.39 Å². The molecular weight excluding hydrogens is 408 g/mol. The average Bonchev–Trinajstić information content (AvgIpc) is 3.03. The van der Waals surface area contributed by atoms with Crippen molar-refractivity contribution in [1.82, 2.24) is 20.4 Å². The lowest BCUT2D eigenvalue weighted by molar-refractivity contribution is 0.570. The fourth-order valence-electron chi connectivity index (χ4n) is 2.12. The number of hydrogen-bond donors (Lipinski definition) is 2. The van der Waals surface area contributed by atoms with Crippen molar-refractivity contribution in [1.29, 1.82) is 0 Å². The van der Waals surface area contributed by atoms with Gasteiger partial charge in [0.25, 0.3) is 0 Å². The SMILES string of the molecule is CN=C(NCCCn1cccn1)NCCc1cccc(F)c1.I. The Labute approximate surface area is 153 Å². The van der Waals surface area contributed by atoms with Gasteiger partial charge in [0.05, 0.1) is 0 Å². The highest BCUT2D eigenvalue weighted by atomic mass is 127. The second kappa shape index (κ2) is 11.0. The Kier molecular flexibility index (Phi) is 9.27. The number of hydrogen-bond acceptors (Lipinski definition) is 2. The molecule has 2 N–H and O–H groups in total. The van der Waals surface area contributed by atoms with E-state index in [0.717, 1.165) is 37.5 Å². The van der Waals surface area contributed by atoms with Crippen molar-refractivity contribution in [2.75, 3.05) is 20.1 Å². The van der Waals surface area contributed by atoms with Crippen LogP contribution < -0.4 is 10.6 Å². The van der Waals surface area contributed by atoms with Gasteiger partial charge in [0.1, 0.15) is 5.82 Å². The largest absolute Gasteiger partial charge is 0.356 e. The maximum atomic E-state index is 13.1. The van der Waals surface area contributed by atoms with E-state index in [1.807, 2.05) is 23.0 Å². The molecule has 0 saturated heterocycles. The van der Waals surface area contributed by atoms with E-state index in [-0.39, 0.29) is 29.8 Å². The first-order valence-electron chi connectivity index (χ1n) is 7.44. The zero-order valence-corrected chi connectivity index (χ0v) is 15.5. The minimum Gasteiger partial charge on any atom is -0.356 e. The number of nitrogens with one attached hydrogen (secondary N) is 2. The van der Waals surface area contributed by atoms with Gasteiger partial charge >= 0.3 is 0 Å². The van der Waals surface area contributed by atoms with Crippen LogP contribution in [-0.2, 0) is 13.0 Å². The highest BCUT2D eigenvalue weighted by Gasteiger charge is 1.99. The molecule has 0 aliphatic carbocycles. The molecule has 2 rings (SSSR count). The number of aryl methyl sites for hydroxylation is 1. The smallest absolute Gasteiger partial charge is 0.190 e. The minimum atomic E-state index is -0.196. The molecule has 5 nitrogen and oxygen atoms in total. The summed E-state index contributed by atoms with van der Waals surface area (Å²) in [5.74, 6) is 0.565. The Morgan fingerprint density at radius 1 is 1.26 bits per heavy atom. The van der Waals surface area contributed by atoms with Crippen LogP contribution >= 0.6 is 24.0 Å². The molecule has 126 valence electrons. The van der Waals surface area contributed by atoms with E-state index >= 15 is 0 Å². The van der Waals surface area contributed by atoms with Crippen LogP contribution in [0.5, 0.6) is 0 Å². The van der Waals surface area contributed by atoms with E-state index < -0.39 is 0 Å². The van der Waals surface area contributed by atoms with Crippen LogP contribution in [0.2, 0.25) is 0 Å². The van der Waals surface area contributed by atoms with Crippen LogP contribution in [0.1, 0.15) is 12.0 Å². The maximum absolute atomic E-state index is 13.1. The average molecular weight is 431 g/mol. The molecule has 0 amide bonds. The highest BCUT2D eigenvalue weighted by Crippen LogP contribution is 2.03. The van der Waals surface area contributed by atoms with Crippen LogP contribution in [0, 0.1) is 5.82 Å². The van der Waals surface area contributed by atoms with E-state index in [0.29, 0.717) is 6.54 Å². The van der Waals surface area contributed by atoms with E-state index in [4.69, 9.17) is 0 Å². The Morgan fingerprint density at radius 3 is 2.78 bits per heavy atom. The first-order chi connectivity index (χ1) is 10.8. The Bertz CT molecular complexity index is 586. The normalized spacial score (nSPS) is 11.0. The van der Waals surface area contributed by atoms with Gasteiger partial charge < -0.3 is 10.6 Å². The van der Waals surface area contributed by atoms with Crippen molar-refractivity contribution < 1.29 is 4.39 Å². The van der Waals surface area contributed by atoms with Crippen LogP contribution in [0.25, 0.3) is 0 Å². The van der Waals surface area contributed by atoms with Gasteiger partial charge in [0.15, 0.2) is 5.96 Å². The summed E-state index contributed by atoms with van der Waals surface area (Å²) < 4.78 is 15.0. The van der Waals surface area contributed by atoms with Crippen molar-refractivity contribution in [2.45, 2.75) is 19.4 Å². The molecular formula is C16H23FIN5. The second-order valence-corrected chi connectivity index (χ2v) is 4.93. The fourth-order valence-corrected chi connectivity index (χ4v) is 2.12. The molecule has 0 fully saturated rings. The summed E-state index contributed by atoms with van der Waals surface area (Å²) in [6.07, 6.45) is 5.45. The lowest BCUT2D eigenvalue weighted by Crippen LogP contribution is -2.39. The van der Waals surface area contributed by atoms with Crippen molar-refractivity contribution in [3.05, 3.63) is 54.1 Å². The van der Waals surface area contributed by atoms with Crippen molar-refractivity contribution in [3.8, 4) is 0 Å². The predicted octanol–water partition coefficient (Wildman–Crippen LogP) is 2.44. The number of aromatic nitrogens is 2. The number of aliphatic imine (C=N–C) groups is 1. The summed E-state index contributed by atoms with van der Waals surface area (Å²) in [7, 11) is 1.74. The molecule has 0 atom stereocenters. The third-order valence-corrected chi connectivity index (χ3v) is 3.23. The summed E-state index contributed by atoms with van der Waals surface area (Å²) in [6.45, 7) is 2.40. The monoisotopic (exact) mass is 431 g/mol. The third kappa shape index (κ3) is 7.45. The van der Waals surface area contributed by atoms with Gasteiger partial charge in [0, 0.05) is 39.1 Å². The number of guanidine groups is 1. The molecule has 0 bridgehead atoms. The van der Waals surface area contributed by atoms with Gasteiger partial charge in [-0.3, -0.25) is 9.67 Å². The summed E-state index contributed by atoms with van der Waals surface area (Å²) in [4.78, 5) is 4.17. The van der Waals surface area contributed by atoms with Gasteiger partial charge in [-0.15, -0.1) is 24.0 Å². The summed E-state index contributed by atoms with van der Waals surface area (Å²) in [5, 5.41) is 10.6. The molecule has 23 heavy (non-hydrogen) atoms. The van der Waals surface area contributed by atoms with Gasteiger partial charge in [0.2, 0.25) is 0 Å². The predicted molar refractivity (Wildman–Crippen MR) is 102 cm³/mol. The Balaban J connectivity index is 0.00000264. The lowest BCUT2D eigenvalue weighted by Gasteiger charge is -2.12. The van der Waals surface area contributed by atoms with Gasteiger partial charge in [-0.1, -0.05) is 12.1 Å². The molecule has 2 aromatic rings. The number of benzene rings is 1. The molecule has 0 saturated carbocycles. The minimum absolute atomic E-state index is 0. The second-order valence-electron chi connectivity index (χ2n) is 4.93. The number of rotatable bonds is 7. The van der Waals surface area contributed by atoms with Crippen molar-refractivity contribution >= 4 is 29.9 Å². The standard InChI is InChI=1S/C16H22FN5.HI/c1-18-16(19-8-3-11-22-12-4-9-21-22)20-10-7-14-5-2-6-15(17)13-14;/h2,4-6,9,12-13H,3,7-8,10-11H2,1H3,(H2,18,19,20);1H. The van der Waals surface area contributed by atoms with Crippen LogP contribution in [0.15, 0.2) is 47.7 Å². The Morgan fingerprint density at radius 2 is 2.09 bits per heavy atom. The van der Waals surface area contributed by atoms with Crippen LogP contribution in [0.4, 0.5) is 4.39 Å². The third-order valence-electron chi connectivity index (χ3n) is 3.23. The number of nitrogens with zero attached hydrogens (tertiary/aromatic N) is 3. The molecule has 0 aliphatic rings. The van der Waals surface area contributed by atoms with Crippen LogP contribution in [-0.4, -0.2) is 35.9 Å². The van der Waals surface area contributed by atoms with Crippen LogP contribution in [0.3, 0.4) is 0 Å². The maximum Gasteiger partial charge on any atom is 0.190 e. The molecule has 0 spiro atoms. The zero-order valence-electron chi connectivity index (χ0n) is 13.2. The highest BCUT2D eigenvalue weighted by molar-refractivity contribution is 14.0. The van der Waals surface area contributed by atoms with E-state index in [1.54, 1.807) is 25.4 Å². The molecule has 7 heteroatoms.